The highest BCUT2D eigenvalue weighted by atomic mass is 16.5. The number of anilines is 1. The van der Waals surface area contributed by atoms with Crippen LogP contribution in [0.4, 0.5) is 10.5 Å². The highest BCUT2D eigenvalue weighted by Crippen LogP contribution is 2.31. The first-order valence-corrected chi connectivity index (χ1v) is 8.17. The molecule has 2 rings (SSSR count). The lowest BCUT2D eigenvalue weighted by Crippen LogP contribution is -2.37. The first-order valence-electron chi connectivity index (χ1n) is 8.17. The number of benzene rings is 2. The highest BCUT2D eigenvalue weighted by Gasteiger charge is 2.26. The number of hydrogen-bond acceptors (Lipinski definition) is 6. The van der Waals surface area contributed by atoms with E-state index in [1.54, 1.807) is 30.3 Å². The summed E-state index contributed by atoms with van der Waals surface area (Å²) in [6.45, 7) is 0. The van der Waals surface area contributed by atoms with Gasteiger partial charge in [0.1, 0.15) is 11.5 Å². The Labute approximate surface area is 162 Å². The number of rotatable bonds is 8. The Bertz CT molecular complexity index is 854. The molecule has 2 aromatic rings. The van der Waals surface area contributed by atoms with Gasteiger partial charge in [-0.15, -0.1) is 0 Å². The maximum atomic E-state index is 12.4. The Morgan fingerprint density at radius 1 is 0.857 bits per heavy atom. The molecule has 28 heavy (non-hydrogen) atoms. The van der Waals surface area contributed by atoms with Crippen molar-refractivity contribution in [1.29, 1.82) is 0 Å². The molecule has 0 saturated carbocycles. The van der Waals surface area contributed by atoms with Gasteiger partial charge in [0.05, 0.1) is 28.4 Å². The number of carbonyl (C=O) groups excluding carboxylic acids is 1. The highest BCUT2D eigenvalue weighted by molar-refractivity contribution is 5.93. The van der Waals surface area contributed by atoms with E-state index >= 15 is 0 Å². The van der Waals surface area contributed by atoms with E-state index in [-0.39, 0.29) is 11.3 Å². The van der Waals surface area contributed by atoms with Gasteiger partial charge in [-0.05, 0) is 24.3 Å². The Morgan fingerprint density at radius 3 is 2.11 bits per heavy atom. The topological polar surface area (TPSA) is 115 Å². The molecule has 9 heteroatoms. The fraction of sp³-hybridized carbons (Fsp3) is 0.263. The van der Waals surface area contributed by atoms with Crippen molar-refractivity contribution in [2.75, 3.05) is 33.8 Å². The van der Waals surface area contributed by atoms with E-state index in [4.69, 9.17) is 18.9 Å². The predicted octanol–water partition coefficient (Wildman–Crippen LogP) is 2.67. The lowest BCUT2D eigenvalue weighted by atomic mass is 10.1. The fourth-order valence-corrected chi connectivity index (χ4v) is 2.54. The SMILES string of the molecule is COc1ccc([C@H](NC(=O)Nc2ccc(OC)c(OC)c2)C(=O)O)c(OC)c1. The second kappa shape index (κ2) is 9.36. The number of ether oxygens (including phenoxy) is 4. The maximum absolute atomic E-state index is 12.4. The third-order valence-corrected chi connectivity index (χ3v) is 3.92. The Morgan fingerprint density at radius 2 is 1.54 bits per heavy atom. The van der Waals surface area contributed by atoms with Crippen molar-refractivity contribution < 1.29 is 33.6 Å². The third-order valence-electron chi connectivity index (χ3n) is 3.92. The molecule has 2 aromatic carbocycles. The zero-order valence-electron chi connectivity index (χ0n) is 15.9. The average Bonchev–Trinajstić information content (AvgIpc) is 2.71. The smallest absolute Gasteiger partial charge is 0.331 e. The Balaban J connectivity index is 2.21. The molecular weight excluding hydrogens is 368 g/mol. The summed E-state index contributed by atoms with van der Waals surface area (Å²) < 4.78 is 20.7. The zero-order valence-corrected chi connectivity index (χ0v) is 15.9. The first-order chi connectivity index (χ1) is 13.4. The molecule has 0 aliphatic rings. The standard InChI is InChI=1S/C19H22N2O7/c1-25-12-6-7-13(15(10-12)27-3)17(18(22)23)21-19(24)20-11-5-8-14(26-2)16(9-11)28-4/h5-10,17H,1-4H3,(H,22,23)(H2,20,21,24)/t17-/m0/s1. The van der Waals surface area contributed by atoms with Crippen LogP contribution in [-0.4, -0.2) is 45.5 Å². The van der Waals surface area contributed by atoms with Crippen molar-refractivity contribution in [3.63, 3.8) is 0 Å². The Kier molecular flexibility index (Phi) is 6.91. The van der Waals surface area contributed by atoms with E-state index in [0.29, 0.717) is 22.9 Å². The molecule has 0 aromatic heterocycles. The zero-order chi connectivity index (χ0) is 20.7. The lowest BCUT2D eigenvalue weighted by molar-refractivity contribution is -0.139. The largest absolute Gasteiger partial charge is 0.497 e. The van der Waals surface area contributed by atoms with Crippen LogP contribution in [0, 0.1) is 0 Å². The molecule has 0 spiro atoms. The molecule has 0 bridgehead atoms. The van der Waals surface area contributed by atoms with Gasteiger partial charge in [-0.25, -0.2) is 9.59 Å². The van der Waals surface area contributed by atoms with Crippen LogP contribution in [0.5, 0.6) is 23.0 Å². The number of methoxy groups -OCH3 is 4. The van der Waals surface area contributed by atoms with E-state index in [2.05, 4.69) is 10.6 Å². The summed E-state index contributed by atoms with van der Waals surface area (Å²) in [4.78, 5) is 24.1. The first kappa shape index (κ1) is 20.7. The summed E-state index contributed by atoms with van der Waals surface area (Å²) in [5.74, 6) is 0.454. The molecule has 0 fully saturated rings. The van der Waals surface area contributed by atoms with Gasteiger partial charge in [0, 0.05) is 23.4 Å². The van der Waals surface area contributed by atoms with Crippen LogP contribution < -0.4 is 29.6 Å². The van der Waals surface area contributed by atoms with Crippen molar-refractivity contribution >= 4 is 17.7 Å². The van der Waals surface area contributed by atoms with Crippen LogP contribution in [0.3, 0.4) is 0 Å². The average molecular weight is 390 g/mol. The van der Waals surface area contributed by atoms with Gasteiger partial charge in [0.2, 0.25) is 0 Å². The quantitative estimate of drug-likeness (QED) is 0.635. The predicted molar refractivity (Wildman–Crippen MR) is 102 cm³/mol. The number of carboxylic acid groups (broad SMARTS) is 1. The van der Waals surface area contributed by atoms with Crippen molar-refractivity contribution in [2.45, 2.75) is 6.04 Å². The molecule has 0 unspecified atom stereocenters. The summed E-state index contributed by atoms with van der Waals surface area (Å²) in [7, 11) is 5.86. The van der Waals surface area contributed by atoms with Crippen LogP contribution in [0.1, 0.15) is 11.6 Å². The lowest BCUT2D eigenvalue weighted by Gasteiger charge is -2.19. The number of hydrogen-bond donors (Lipinski definition) is 3. The number of carboxylic acids is 1. The molecule has 0 saturated heterocycles. The van der Waals surface area contributed by atoms with E-state index in [0.717, 1.165) is 0 Å². The number of amides is 2. The van der Waals surface area contributed by atoms with Crippen molar-refractivity contribution in [3.05, 3.63) is 42.0 Å². The van der Waals surface area contributed by atoms with E-state index < -0.39 is 18.0 Å². The second-order valence-corrected chi connectivity index (χ2v) is 5.55. The minimum atomic E-state index is -1.33. The summed E-state index contributed by atoms with van der Waals surface area (Å²) in [6.07, 6.45) is 0. The van der Waals surface area contributed by atoms with Crippen LogP contribution in [0.2, 0.25) is 0 Å². The summed E-state index contributed by atoms with van der Waals surface area (Å²) in [5.41, 5.74) is 0.680. The van der Waals surface area contributed by atoms with Crippen LogP contribution >= 0.6 is 0 Å². The van der Waals surface area contributed by atoms with Gasteiger partial charge in [-0.2, -0.15) is 0 Å². The molecule has 2 amide bonds. The van der Waals surface area contributed by atoms with Gasteiger partial charge < -0.3 is 34.7 Å². The summed E-state index contributed by atoms with van der Waals surface area (Å²) >= 11 is 0. The minimum absolute atomic E-state index is 0.276. The molecule has 150 valence electrons. The van der Waals surface area contributed by atoms with Crippen molar-refractivity contribution in [3.8, 4) is 23.0 Å². The number of nitrogens with one attached hydrogen (secondary N) is 2. The van der Waals surface area contributed by atoms with Crippen LogP contribution in [-0.2, 0) is 4.79 Å². The Hall–Kier alpha value is -3.62. The van der Waals surface area contributed by atoms with Crippen LogP contribution in [0.25, 0.3) is 0 Å². The van der Waals surface area contributed by atoms with Gasteiger partial charge in [-0.3, -0.25) is 0 Å². The second-order valence-electron chi connectivity index (χ2n) is 5.55. The van der Waals surface area contributed by atoms with Crippen molar-refractivity contribution in [2.24, 2.45) is 0 Å². The van der Waals surface area contributed by atoms with E-state index in [1.807, 2.05) is 0 Å². The molecule has 1 atom stereocenters. The maximum Gasteiger partial charge on any atom is 0.331 e. The minimum Gasteiger partial charge on any atom is -0.497 e. The summed E-state index contributed by atoms with van der Waals surface area (Å²) in [6, 6.07) is 7.38. The number of carbonyl (C=O) groups is 2. The van der Waals surface area contributed by atoms with Gasteiger partial charge >= 0.3 is 12.0 Å². The third kappa shape index (κ3) is 4.76. The summed E-state index contributed by atoms with van der Waals surface area (Å²) in [5, 5.41) is 14.6. The molecule has 0 aliphatic heterocycles. The molecule has 0 aliphatic carbocycles. The van der Waals surface area contributed by atoms with Gasteiger partial charge in [0.15, 0.2) is 17.5 Å². The van der Waals surface area contributed by atoms with E-state index in [9.17, 15) is 14.7 Å². The molecular formula is C19H22N2O7. The molecule has 3 N–H and O–H groups in total. The molecule has 0 heterocycles. The molecule has 9 nitrogen and oxygen atoms in total. The molecule has 0 radical (unpaired) electrons. The van der Waals surface area contributed by atoms with E-state index in [1.165, 1.54) is 34.5 Å². The fourth-order valence-electron chi connectivity index (χ4n) is 2.54. The monoisotopic (exact) mass is 390 g/mol. The van der Waals surface area contributed by atoms with Crippen LogP contribution in [0.15, 0.2) is 36.4 Å². The van der Waals surface area contributed by atoms with Crippen molar-refractivity contribution in [1.82, 2.24) is 5.32 Å². The number of urea groups is 1. The number of aliphatic carboxylic acids is 1. The van der Waals surface area contributed by atoms with Gasteiger partial charge in [0.25, 0.3) is 0 Å². The normalized spacial score (nSPS) is 11.1. The van der Waals surface area contributed by atoms with Gasteiger partial charge in [-0.1, -0.05) is 0 Å².